The molecule has 3 aromatic heterocycles. The predicted octanol–water partition coefficient (Wildman–Crippen LogP) is 1.36. The minimum atomic E-state index is -4.05. The number of aromatic amines is 1. The molecule has 23 heavy (non-hydrogen) atoms. The predicted molar refractivity (Wildman–Crippen MR) is 86.0 cm³/mol. The van der Waals surface area contributed by atoms with Gasteiger partial charge in [0, 0.05) is 41.6 Å². The zero-order valence-corrected chi connectivity index (χ0v) is 13.0. The van der Waals surface area contributed by atoms with Gasteiger partial charge in [-0.15, -0.1) is 0 Å². The van der Waals surface area contributed by atoms with E-state index in [1.54, 1.807) is 18.6 Å². The number of nitrogens with one attached hydrogen (secondary N) is 1. The number of nitrogens with zero attached hydrogens (tertiary/aromatic N) is 4. The molecule has 4 rings (SSSR count). The van der Waals surface area contributed by atoms with Crippen LogP contribution in [-0.2, 0) is 10.1 Å². The molecule has 0 radical (unpaired) electrons. The van der Waals surface area contributed by atoms with E-state index in [9.17, 15) is 13.0 Å². The third kappa shape index (κ3) is 2.41. The van der Waals surface area contributed by atoms with Gasteiger partial charge in [-0.1, -0.05) is 0 Å². The molecular weight excluding hydrogens is 318 g/mol. The molecule has 1 aliphatic rings. The fourth-order valence-corrected chi connectivity index (χ4v) is 4.00. The van der Waals surface area contributed by atoms with E-state index in [0.717, 1.165) is 22.0 Å². The molecule has 1 unspecified atom stereocenters. The molecule has 1 fully saturated rings. The Balaban J connectivity index is 1.86. The summed E-state index contributed by atoms with van der Waals surface area (Å²) in [5, 5.41) is 8.99. The monoisotopic (exact) mass is 333 g/mol. The van der Waals surface area contributed by atoms with Crippen molar-refractivity contribution in [1.82, 2.24) is 20.2 Å². The van der Waals surface area contributed by atoms with E-state index >= 15 is 0 Å². The quantitative estimate of drug-likeness (QED) is 0.681. The highest BCUT2D eigenvalue weighted by Crippen LogP contribution is 2.31. The molecule has 3 aromatic rings. The van der Waals surface area contributed by atoms with Crippen LogP contribution in [0.3, 0.4) is 0 Å². The summed E-state index contributed by atoms with van der Waals surface area (Å²) in [5.41, 5.74) is 0.640. The molecule has 0 spiro atoms. The van der Waals surface area contributed by atoms with Gasteiger partial charge in [0.25, 0.3) is 10.1 Å². The van der Waals surface area contributed by atoms with Gasteiger partial charge in [0.2, 0.25) is 0 Å². The summed E-state index contributed by atoms with van der Waals surface area (Å²) in [6, 6.07) is 1.88. The van der Waals surface area contributed by atoms with E-state index in [1.807, 2.05) is 11.0 Å². The van der Waals surface area contributed by atoms with E-state index in [2.05, 4.69) is 20.2 Å². The fourth-order valence-electron chi connectivity index (χ4n) is 3.17. The van der Waals surface area contributed by atoms with Crippen LogP contribution in [0.2, 0.25) is 0 Å². The Morgan fingerprint density at radius 3 is 3.00 bits per heavy atom. The van der Waals surface area contributed by atoms with E-state index < -0.39 is 15.4 Å². The first-order valence-corrected chi connectivity index (χ1v) is 8.82. The number of rotatable bonds is 2. The summed E-state index contributed by atoms with van der Waals surface area (Å²) in [4.78, 5) is 10.4. The number of hydrogen-bond acceptors (Lipinski definition) is 6. The van der Waals surface area contributed by atoms with Crippen molar-refractivity contribution in [3.8, 4) is 0 Å². The summed E-state index contributed by atoms with van der Waals surface area (Å²) < 4.78 is 32.3. The topological polar surface area (TPSA) is 112 Å². The Labute approximate surface area is 132 Å². The van der Waals surface area contributed by atoms with Crippen molar-refractivity contribution >= 4 is 37.7 Å². The van der Waals surface area contributed by atoms with Crippen LogP contribution in [0, 0.1) is 0 Å². The van der Waals surface area contributed by atoms with Crippen LogP contribution in [0.5, 0.6) is 0 Å². The molecule has 0 aromatic carbocycles. The molecule has 4 heterocycles. The lowest BCUT2D eigenvalue weighted by atomic mass is 10.1. The zero-order chi connectivity index (χ0) is 16.0. The molecule has 8 nitrogen and oxygen atoms in total. The van der Waals surface area contributed by atoms with Crippen LogP contribution in [0.25, 0.3) is 21.8 Å². The van der Waals surface area contributed by atoms with Gasteiger partial charge in [-0.2, -0.15) is 13.5 Å². The molecule has 120 valence electrons. The number of fused-ring (bicyclic) bond motifs is 3. The normalized spacial score (nSPS) is 19.5. The number of hydrogen-bond donors (Lipinski definition) is 2. The molecule has 0 saturated carbocycles. The lowest BCUT2D eigenvalue weighted by Gasteiger charge is -2.32. The molecule has 1 saturated heterocycles. The van der Waals surface area contributed by atoms with Crippen LogP contribution in [-0.4, -0.2) is 51.5 Å². The van der Waals surface area contributed by atoms with Crippen molar-refractivity contribution in [2.24, 2.45) is 0 Å². The number of piperidine rings is 1. The first kappa shape index (κ1) is 14.3. The van der Waals surface area contributed by atoms with Gasteiger partial charge in [-0.05, 0) is 18.9 Å². The first-order valence-electron chi connectivity index (χ1n) is 7.32. The molecule has 0 amide bonds. The fraction of sp³-hybridized carbons (Fsp3) is 0.357. The average molecular weight is 333 g/mol. The van der Waals surface area contributed by atoms with Crippen molar-refractivity contribution in [2.75, 3.05) is 18.0 Å². The highest BCUT2D eigenvalue weighted by atomic mass is 32.2. The molecule has 2 N–H and O–H groups in total. The van der Waals surface area contributed by atoms with E-state index in [4.69, 9.17) is 0 Å². The van der Waals surface area contributed by atoms with Crippen LogP contribution in [0.1, 0.15) is 12.8 Å². The average Bonchev–Trinajstić information content (AvgIpc) is 3.02. The minimum Gasteiger partial charge on any atom is -0.355 e. The number of H-pyrrole nitrogens is 1. The second-order valence-corrected chi connectivity index (χ2v) is 7.41. The van der Waals surface area contributed by atoms with E-state index in [1.165, 1.54) is 0 Å². The van der Waals surface area contributed by atoms with Crippen molar-refractivity contribution in [2.45, 2.75) is 18.1 Å². The molecule has 0 aliphatic carbocycles. The molecular formula is C14H15N5O3S. The van der Waals surface area contributed by atoms with Gasteiger partial charge in [0.05, 0.1) is 6.20 Å². The summed E-state index contributed by atoms with van der Waals surface area (Å²) in [5.74, 6) is 0.733. The molecule has 1 aliphatic heterocycles. The Hall–Kier alpha value is -2.26. The van der Waals surface area contributed by atoms with Gasteiger partial charge in [0.1, 0.15) is 11.1 Å². The maximum atomic E-state index is 11.5. The second kappa shape index (κ2) is 5.14. The van der Waals surface area contributed by atoms with Crippen LogP contribution >= 0.6 is 0 Å². The lowest BCUT2D eigenvalue weighted by molar-refractivity contribution is 0.446. The van der Waals surface area contributed by atoms with Crippen LogP contribution in [0.15, 0.2) is 24.7 Å². The summed E-state index contributed by atoms with van der Waals surface area (Å²) >= 11 is 0. The Bertz CT molecular complexity index is 984. The van der Waals surface area contributed by atoms with Crippen molar-refractivity contribution < 1.29 is 13.0 Å². The van der Waals surface area contributed by atoms with E-state index in [0.29, 0.717) is 25.0 Å². The van der Waals surface area contributed by atoms with Gasteiger partial charge in [-0.25, -0.2) is 9.97 Å². The number of aromatic nitrogens is 4. The van der Waals surface area contributed by atoms with Gasteiger partial charge in [-0.3, -0.25) is 9.65 Å². The summed E-state index contributed by atoms with van der Waals surface area (Å²) in [7, 11) is -4.05. The van der Waals surface area contributed by atoms with Crippen molar-refractivity contribution in [3.05, 3.63) is 24.7 Å². The highest BCUT2D eigenvalue weighted by molar-refractivity contribution is 7.86. The molecule has 9 heteroatoms. The summed E-state index contributed by atoms with van der Waals surface area (Å²) in [6.07, 6.45) is 6.23. The second-order valence-electron chi connectivity index (χ2n) is 5.71. The Morgan fingerprint density at radius 2 is 2.17 bits per heavy atom. The standard InChI is InChI=1S/C14H15N5O3S/c20-23(21,22)10-2-1-5-19(8-10)14-12-9(7-17-18-14)6-16-13-11(12)3-4-15-13/h3-4,6-7,10,18H,1-2,5,8H2,(H,20,21,22). The molecule has 0 bridgehead atoms. The van der Waals surface area contributed by atoms with Gasteiger partial charge in [0.15, 0.2) is 5.65 Å². The zero-order valence-electron chi connectivity index (χ0n) is 12.2. The minimum absolute atomic E-state index is 0.230. The number of pyridine rings is 1. The van der Waals surface area contributed by atoms with Crippen molar-refractivity contribution in [1.29, 1.82) is 0 Å². The SMILES string of the molecule is O=S(=O)(O)C1CCCN(c2[nH]ncc3cnc4nccc4c23)C1. The Morgan fingerprint density at radius 1 is 1.30 bits per heavy atom. The van der Waals surface area contributed by atoms with Crippen LogP contribution < -0.4 is 4.90 Å². The van der Waals surface area contributed by atoms with Crippen LogP contribution in [0.4, 0.5) is 5.82 Å². The maximum absolute atomic E-state index is 11.5. The third-order valence-electron chi connectivity index (χ3n) is 4.29. The lowest BCUT2D eigenvalue weighted by Crippen LogP contribution is -2.42. The van der Waals surface area contributed by atoms with Gasteiger partial charge >= 0.3 is 0 Å². The van der Waals surface area contributed by atoms with E-state index in [-0.39, 0.29) is 6.54 Å². The van der Waals surface area contributed by atoms with Gasteiger partial charge < -0.3 is 4.90 Å². The maximum Gasteiger partial charge on any atom is 0.269 e. The largest absolute Gasteiger partial charge is 0.355 e. The highest BCUT2D eigenvalue weighted by Gasteiger charge is 2.30. The van der Waals surface area contributed by atoms with Crippen molar-refractivity contribution in [3.63, 3.8) is 0 Å². The first-order chi connectivity index (χ1) is 11.0. The smallest absolute Gasteiger partial charge is 0.269 e. The Kier molecular flexibility index (Phi) is 3.20. The third-order valence-corrected chi connectivity index (χ3v) is 5.52. The number of anilines is 1. The summed E-state index contributed by atoms with van der Waals surface area (Å²) in [6.45, 7) is 0.926. The molecule has 1 atom stereocenters.